The van der Waals surface area contributed by atoms with Crippen LogP contribution in [0.25, 0.3) is 0 Å². The number of likely N-dealkylation sites (tertiary alicyclic amines) is 1. The van der Waals surface area contributed by atoms with Gasteiger partial charge in [0, 0.05) is 31.2 Å². The van der Waals surface area contributed by atoms with Crippen molar-refractivity contribution in [3.63, 3.8) is 0 Å². The molecule has 98 valence electrons. The van der Waals surface area contributed by atoms with E-state index in [0.717, 1.165) is 19.6 Å². The van der Waals surface area contributed by atoms with E-state index in [1.807, 2.05) is 0 Å². The average molecular weight is 252 g/mol. The van der Waals surface area contributed by atoms with Crippen molar-refractivity contribution in [3.8, 4) is 0 Å². The number of hydrogen-bond acceptors (Lipinski definition) is 2. The number of fused-ring (bicyclic) bond motifs is 1. The van der Waals surface area contributed by atoms with Gasteiger partial charge in [0.25, 0.3) is 0 Å². The van der Waals surface area contributed by atoms with E-state index in [0.29, 0.717) is 24.1 Å². The van der Waals surface area contributed by atoms with Crippen molar-refractivity contribution in [2.75, 3.05) is 19.6 Å². The average Bonchev–Trinajstić information content (AvgIpc) is 2.77. The Morgan fingerprint density at radius 2 is 2.17 bits per heavy atom. The van der Waals surface area contributed by atoms with Crippen molar-refractivity contribution in [1.29, 1.82) is 0 Å². The highest BCUT2D eigenvalue weighted by atomic mass is 19.2. The SMILES string of the molecule is Fc1cccc(CN2C[C@@H]3CCCN[C@@H]3C2)c1F. The molecule has 18 heavy (non-hydrogen) atoms. The van der Waals surface area contributed by atoms with Crippen LogP contribution in [0.4, 0.5) is 8.78 Å². The fourth-order valence-corrected chi connectivity index (χ4v) is 3.18. The lowest BCUT2D eigenvalue weighted by atomic mass is 9.94. The summed E-state index contributed by atoms with van der Waals surface area (Å²) in [7, 11) is 0. The Morgan fingerprint density at radius 3 is 3.00 bits per heavy atom. The summed E-state index contributed by atoms with van der Waals surface area (Å²) in [5.41, 5.74) is 0.466. The monoisotopic (exact) mass is 252 g/mol. The Balaban J connectivity index is 1.68. The lowest BCUT2D eigenvalue weighted by molar-refractivity contribution is 0.306. The lowest BCUT2D eigenvalue weighted by Crippen LogP contribution is -2.40. The molecule has 0 amide bonds. The van der Waals surface area contributed by atoms with Gasteiger partial charge in [-0.25, -0.2) is 8.78 Å². The molecular weight excluding hydrogens is 234 g/mol. The standard InChI is InChI=1S/C14H18F2N2/c15-12-5-1-3-11(14(12)16)8-18-7-10-4-2-6-17-13(10)9-18/h1,3,5,10,13,17H,2,4,6-9H2/t10-,13+/m0/s1. The Labute approximate surface area is 106 Å². The first-order chi connectivity index (χ1) is 8.74. The molecule has 0 aromatic heterocycles. The number of benzene rings is 1. The van der Waals surface area contributed by atoms with Gasteiger partial charge in [-0.3, -0.25) is 4.90 Å². The molecule has 0 spiro atoms. The molecular formula is C14H18F2N2. The van der Waals surface area contributed by atoms with E-state index in [9.17, 15) is 8.78 Å². The summed E-state index contributed by atoms with van der Waals surface area (Å²) >= 11 is 0. The number of piperidine rings is 1. The Bertz CT molecular complexity index is 422. The third-order valence-corrected chi connectivity index (χ3v) is 4.10. The summed E-state index contributed by atoms with van der Waals surface area (Å²) < 4.78 is 26.8. The van der Waals surface area contributed by atoms with E-state index in [-0.39, 0.29) is 0 Å². The Hall–Kier alpha value is -1.00. The minimum Gasteiger partial charge on any atom is -0.312 e. The summed E-state index contributed by atoms with van der Waals surface area (Å²) in [6.45, 7) is 3.54. The second kappa shape index (κ2) is 4.94. The molecule has 2 heterocycles. The van der Waals surface area contributed by atoms with Crippen molar-refractivity contribution in [2.45, 2.75) is 25.4 Å². The molecule has 1 aromatic carbocycles. The number of nitrogens with zero attached hydrogens (tertiary/aromatic N) is 1. The normalized spacial score (nSPS) is 28.3. The number of rotatable bonds is 2. The zero-order chi connectivity index (χ0) is 12.5. The molecule has 2 aliphatic rings. The van der Waals surface area contributed by atoms with Crippen LogP contribution in [0.3, 0.4) is 0 Å². The van der Waals surface area contributed by atoms with Crippen molar-refractivity contribution >= 4 is 0 Å². The van der Waals surface area contributed by atoms with Gasteiger partial charge in [0.1, 0.15) is 0 Å². The van der Waals surface area contributed by atoms with E-state index < -0.39 is 11.6 Å². The summed E-state index contributed by atoms with van der Waals surface area (Å²) in [6.07, 6.45) is 2.48. The van der Waals surface area contributed by atoms with Gasteiger partial charge in [-0.15, -0.1) is 0 Å². The van der Waals surface area contributed by atoms with Crippen LogP contribution in [0.5, 0.6) is 0 Å². The highest BCUT2D eigenvalue weighted by Gasteiger charge is 2.34. The highest BCUT2D eigenvalue weighted by Crippen LogP contribution is 2.26. The Kier molecular flexibility index (Phi) is 3.31. The first kappa shape index (κ1) is 12.1. The quantitative estimate of drug-likeness (QED) is 0.867. The zero-order valence-electron chi connectivity index (χ0n) is 10.3. The van der Waals surface area contributed by atoms with Gasteiger partial charge in [-0.2, -0.15) is 0 Å². The predicted octanol–water partition coefficient (Wildman–Crippen LogP) is 2.15. The van der Waals surface area contributed by atoms with Crippen LogP contribution in [-0.4, -0.2) is 30.6 Å². The molecule has 0 aliphatic carbocycles. The largest absolute Gasteiger partial charge is 0.312 e. The van der Waals surface area contributed by atoms with Gasteiger partial charge in [-0.05, 0) is 31.4 Å². The van der Waals surface area contributed by atoms with Gasteiger partial charge in [0.05, 0.1) is 0 Å². The molecule has 4 heteroatoms. The molecule has 2 nitrogen and oxygen atoms in total. The van der Waals surface area contributed by atoms with Crippen LogP contribution in [0, 0.1) is 17.6 Å². The van der Waals surface area contributed by atoms with E-state index in [4.69, 9.17) is 0 Å². The van der Waals surface area contributed by atoms with Gasteiger partial charge in [0.15, 0.2) is 11.6 Å². The minimum absolute atomic E-state index is 0.466. The van der Waals surface area contributed by atoms with Crippen LogP contribution < -0.4 is 5.32 Å². The van der Waals surface area contributed by atoms with Gasteiger partial charge < -0.3 is 5.32 Å². The lowest BCUT2D eigenvalue weighted by Gasteiger charge is -2.24. The summed E-state index contributed by atoms with van der Waals surface area (Å²) in [4.78, 5) is 2.23. The molecule has 3 rings (SSSR count). The summed E-state index contributed by atoms with van der Waals surface area (Å²) in [5.74, 6) is -0.766. The van der Waals surface area contributed by atoms with Gasteiger partial charge >= 0.3 is 0 Å². The molecule has 0 bridgehead atoms. The van der Waals surface area contributed by atoms with Gasteiger partial charge in [0.2, 0.25) is 0 Å². The second-order valence-corrected chi connectivity index (χ2v) is 5.37. The van der Waals surface area contributed by atoms with E-state index >= 15 is 0 Å². The number of hydrogen-bond donors (Lipinski definition) is 1. The minimum atomic E-state index is -0.748. The maximum absolute atomic E-state index is 13.6. The van der Waals surface area contributed by atoms with Crippen LogP contribution in [-0.2, 0) is 6.54 Å². The molecule has 2 fully saturated rings. The molecule has 0 saturated carbocycles. The first-order valence-corrected chi connectivity index (χ1v) is 6.62. The van der Waals surface area contributed by atoms with Crippen molar-refractivity contribution in [1.82, 2.24) is 10.2 Å². The zero-order valence-corrected chi connectivity index (χ0v) is 10.3. The van der Waals surface area contributed by atoms with E-state index in [1.54, 1.807) is 12.1 Å². The fourth-order valence-electron chi connectivity index (χ4n) is 3.18. The van der Waals surface area contributed by atoms with Crippen LogP contribution in [0.15, 0.2) is 18.2 Å². The molecule has 2 aliphatic heterocycles. The first-order valence-electron chi connectivity index (χ1n) is 6.62. The maximum atomic E-state index is 13.6. The Morgan fingerprint density at radius 1 is 1.28 bits per heavy atom. The third-order valence-electron chi connectivity index (χ3n) is 4.10. The van der Waals surface area contributed by atoms with Crippen molar-refractivity contribution in [2.24, 2.45) is 5.92 Å². The molecule has 1 aromatic rings. The molecule has 1 N–H and O–H groups in total. The van der Waals surface area contributed by atoms with Crippen molar-refractivity contribution in [3.05, 3.63) is 35.4 Å². The summed E-state index contributed by atoms with van der Waals surface area (Å²) in [5, 5.41) is 3.51. The van der Waals surface area contributed by atoms with Crippen LogP contribution in [0.1, 0.15) is 18.4 Å². The molecule has 0 unspecified atom stereocenters. The van der Waals surface area contributed by atoms with Crippen molar-refractivity contribution < 1.29 is 8.78 Å². The summed E-state index contributed by atoms with van der Waals surface area (Å²) in [6, 6.07) is 4.96. The molecule has 2 atom stereocenters. The van der Waals surface area contributed by atoms with E-state index in [1.165, 1.54) is 18.9 Å². The maximum Gasteiger partial charge on any atom is 0.163 e. The highest BCUT2D eigenvalue weighted by molar-refractivity contribution is 5.19. The number of nitrogens with one attached hydrogen (secondary N) is 1. The molecule has 0 radical (unpaired) electrons. The molecule has 2 saturated heterocycles. The van der Waals surface area contributed by atoms with E-state index in [2.05, 4.69) is 10.2 Å². The topological polar surface area (TPSA) is 15.3 Å². The fraction of sp³-hybridized carbons (Fsp3) is 0.571. The third kappa shape index (κ3) is 2.27. The smallest absolute Gasteiger partial charge is 0.163 e. The van der Waals surface area contributed by atoms with Crippen LogP contribution >= 0.6 is 0 Å². The number of halogens is 2. The van der Waals surface area contributed by atoms with Crippen LogP contribution in [0.2, 0.25) is 0 Å². The van der Waals surface area contributed by atoms with Gasteiger partial charge in [-0.1, -0.05) is 12.1 Å². The predicted molar refractivity (Wildman–Crippen MR) is 66.1 cm³/mol. The second-order valence-electron chi connectivity index (χ2n) is 5.37.